The van der Waals surface area contributed by atoms with Crippen molar-refractivity contribution < 1.29 is 24.2 Å². The molecule has 1 aliphatic carbocycles. The molecule has 3 rings (SSSR count). The molecule has 0 heterocycles. The fraction of sp³-hybridized carbons (Fsp3) is 0.346. The average molecular weight is 451 g/mol. The highest BCUT2D eigenvalue weighted by Gasteiger charge is 2.29. The molecule has 0 aliphatic heterocycles. The van der Waals surface area contributed by atoms with Crippen LogP contribution in [0.2, 0.25) is 0 Å². The van der Waals surface area contributed by atoms with Crippen molar-refractivity contribution in [2.24, 2.45) is 0 Å². The highest BCUT2D eigenvalue weighted by atomic mass is 16.5. The van der Waals surface area contributed by atoms with Crippen LogP contribution >= 0.6 is 0 Å². The second kappa shape index (κ2) is 11.3. The molecular formula is C26H30N2O5. The lowest BCUT2D eigenvalue weighted by Crippen LogP contribution is -2.44. The topological polar surface area (TPSA) is 105 Å². The molecule has 1 unspecified atom stereocenters. The number of rotatable bonds is 11. The number of amides is 2. The van der Waals surface area contributed by atoms with Crippen LogP contribution < -0.4 is 10.6 Å². The van der Waals surface area contributed by atoms with Crippen LogP contribution in [0.5, 0.6) is 0 Å². The van der Waals surface area contributed by atoms with Gasteiger partial charge < -0.3 is 20.5 Å². The van der Waals surface area contributed by atoms with Crippen LogP contribution in [0.3, 0.4) is 0 Å². The van der Waals surface area contributed by atoms with Gasteiger partial charge in [-0.1, -0.05) is 68.0 Å². The fourth-order valence-electron chi connectivity index (χ4n) is 4.25. The summed E-state index contributed by atoms with van der Waals surface area (Å²) in [5.74, 6) is -1.62. The number of hydrogen-bond donors (Lipinski definition) is 3. The van der Waals surface area contributed by atoms with E-state index in [0.29, 0.717) is 6.42 Å². The lowest BCUT2D eigenvalue weighted by atomic mass is 9.98. The maximum Gasteiger partial charge on any atom is 0.407 e. The van der Waals surface area contributed by atoms with E-state index in [1.807, 2.05) is 43.3 Å². The zero-order valence-electron chi connectivity index (χ0n) is 18.8. The molecule has 2 aromatic carbocycles. The Morgan fingerprint density at radius 3 is 2.21 bits per heavy atom. The van der Waals surface area contributed by atoms with Crippen molar-refractivity contribution >= 4 is 18.0 Å². The molecule has 0 saturated heterocycles. The first kappa shape index (κ1) is 24.0. The van der Waals surface area contributed by atoms with Gasteiger partial charge in [0.05, 0.1) is 0 Å². The van der Waals surface area contributed by atoms with Gasteiger partial charge in [-0.05, 0) is 35.1 Å². The Hall–Kier alpha value is -3.61. The van der Waals surface area contributed by atoms with Crippen LogP contribution in [0.1, 0.15) is 49.7 Å². The lowest BCUT2D eigenvalue weighted by Gasteiger charge is -2.20. The molecular weight excluding hydrogens is 420 g/mol. The van der Waals surface area contributed by atoms with E-state index in [0.717, 1.165) is 28.7 Å². The fourth-order valence-corrected chi connectivity index (χ4v) is 4.25. The minimum absolute atomic E-state index is 0.0288. The van der Waals surface area contributed by atoms with Gasteiger partial charge in [-0.15, -0.1) is 6.58 Å². The zero-order chi connectivity index (χ0) is 23.8. The van der Waals surface area contributed by atoms with E-state index in [2.05, 4.69) is 29.3 Å². The number of fused-ring (bicyclic) bond motifs is 3. The average Bonchev–Trinajstić information content (AvgIpc) is 3.11. The third kappa shape index (κ3) is 6.00. The number of carbonyl (C=O) groups is 3. The molecule has 3 N–H and O–H groups in total. The Bertz CT molecular complexity index is 974. The molecule has 0 fully saturated rings. The molecule has 1 aliphatic rings. The summed E-state index contributed by atoms with van der Waals surface area (Å²) in [7, 11) is 0. The summed E-state index contributed by atoms with van der Waals surface area (Å²) in [6, 6.07) is 14.7. The van der Waals surface area contributed by atoms with Crippen molar-refractivity contribution in [3.8, 4) is 11.1 Å². The zero-order valence-corrected chi connectivity index (χ0v) is 18.8. The second-order valence-electron chi connectivity index (χ2n) is 8.14. The van der Waals surface area contributed by atoms with E-state index < -0.39 is 30.1 Å². The maximum absolute atomic E-state index is 12.6. The first-order chi connectivity index (χ1) is 15.9. The van der Waals surface area contributed by atoms with Gasteiger partial charge in [0.25, 0.3) is 0 Å². The van der Waals surface area contributed by atoms with Crippen molar-refractivity contribution in [3.05, 3.63) is 72.3 Å². The van der Waals surface area contributed by atoms with Crippen LogP contribution in [-0.2, 0) is 14.3 Å². The van der Waals surface area contributed by atoms with Crippen molar-refractivity contribution in [2.75, 3.05) is 6.61 Å². The summed E-state index contributed by atoms with van der Waals surface area (Å²) in [5, 5.41) is 14.4. The Kier molecular flexibility index (Phi) is 8.24. The number of aliphatic carboxylic acids is 1. The molecule has 174 valence electrons. The second-order valence-corrected chi connectivity index (χ2v) is 8.14. The van der Waals surface area contributed by atoms with Crippen molar-refractivity contribution in [1.29, 1.82) is 0 Å². The van der Waals surface area contributed by atoms with Crippen LogP contribution in [-0.4, -0.2) is 41.8 Å². The van der Waals surface area contributed by atoms with Gasteiger partial charge in [-0.25, -0.2) is 9.59 Å². The SMILES string of the molecule is C=CCC(NC(=O)C[C@@H](CCC)NC(=O)OCC1c2ccccc2-c2ccccc21)C(=O)O. The molecule has 0 aromatic heterocycles. The van der Waals surface area contributed by atoms with E-state index >= 15 is 0 Å². The Morgan fingerprint density at radius 1 is 1.06 bits per heavy atom. The van der Waals surface area contributed by atoms with E-state index in [1.165, 1.54) is 6.08 Å². The van der Waals surface area contributed by atoms with Crippen molar-refractivity contribution in [1.82, 2.24) is 10.6 Å². The van der Waals surface area contributed by atoms with Gasteiger partial charge in [0, 0.05) is 18.4 Å². The van der Waals surface area contributed by atoms with E-state index in [-0.39, 0.29) is 25.4 Å². The van der Waals surface area contributed by atoms with E-state index in [4.69, 9.17) is 4.74 Å². The molecule has 7 nitrogen and oxygen atoms in total. The molecule has 2 aromatic rings. The Morgan fingerprint density at radius 2 is 1.67 bits per heavy atom. The minimum Gasteiger partial charge on any atom is -0.480 e. The maximum atomic E-state index is 12.6. The predicted octanol–water partition coefficient (Wildman–Crippen LogP) is 4.23. The predicted molar refractivity (Wildman–Crippen MR) is 126 cm³/mol. The van der Waals surface area contributed by atoms with Crippen LogP contribution in [0.25, 0.3) is 11.1 Å². The van der Waals surface area contributed by atoms with E-state index in [1.54, 1.807) is 0 Å². The number of carboxylic acids is 1. The highest BCUT2D eigenvalue weighted by molar-refractivity contribution is 5.84. The summed E-state index contributed by atoms with van der Waals surface area (Å²) in [5.41, 5.74) is 4.54. The number of carbonyl (C=O) groups excluding carboxylic acids is 2. The molecule has 0 spiro atoms. The molecule has 7 heteroatoms. The van der Waals surface area contributed by atoms with Gasteiger partial charge in [-0.2, -0.15) is 0 Å². The smallest absolute Gasteiger partial charge is 0.407 e. The largest absolute Gasteiger partial charge is 0.480 e. The lowest BCUT2D eigenvalue weighted by molar-refractivity contribution is -0.141. The van der Waals surface area contributed by atoms with Crippen molar-refractivity contribution in [2.45, 2.75) is 50.6 Å². The number of carboxylic acid groups (broad SMARTS) is 1. The van der Waals surface area contributed by atoms with Crippen LogP contribution in [0.4, 0.5) is 4.79 Å². The normalized spacial score (nSPS) is 13.8. The third-order valence-corrected chi connectivity index (χ3v) is 5.77. The summed E-state index contributed by atoms with van der Waals surface area (Å²) >= 11 is 0. The van der Waals surface area contributed by atoms with Crippen LogP contribution in [0.15, 0.2) is 61.2 Å². The van der Waals surface area contributed by atoms with Crippen LogP contribution in [0, 0.1) is 0 Å². The number of benzene rings is 2. The van der Waals surface area contributed by atoms with Crippen molar-refractivity contribution in [3.63, 3.8) is 0 Å². The number of ether oxygens (including phenoxy) is 1. The quantitative estimate of drug-likeness (QED) is 0.445. The highest BCUT2D eigenvalue weighted by Crippen LogP contribution is 2.44. The summed E-state index contributed by atoms with van der Waals surface area (Å²) in [4.78, 5) is 36.1. The van der Waals surface area contributed by atoms with E-state index in [9.17, 15) is 19.5 Å². The number of alkyl carbamates (subject to hydrolysis) is 1. The van der Waals surface area contributed by atoms with Gasteiger partial charge in [0.1, 0.15) is 12.6 Å². The molecule has 0 saturated carbocycles. The van der Waals surface area contributed by atoms with Gasteiger partial charge >= 0.3 is 12.1 Å². The summed E-state index contributed by atoms with van der Waals surface area (Å²) < 4.78 is 5.57. The standard InChI is InChI=1S/C26H30N2O5/c1-3-9-17(15-24(29)28-23(10-4-2)25(30)31)27-26(32)33-16-22-20-13-7-5-11-18(20)19-12-6-8-14-21(19)22/h4-8,11-14,17,22-23H,2-3,9-10,15-16H2,1H3,(H,27,32)(H,28,29)(H,30,31)/t17-,23?/m1/s1. The summed E-state index contributed by atoms with van der Waals surface area (Å²) in [6.45, 7) is 5.65. The molecule has 0 radical (unpaired) electrons. The first-order valence-electron chi connectivity index (χ1n) is 11.2. The Labute approximate surface area is 193 Å². The first-order valence-corrected chi connectivity index (χ1v) is 11.2. The molecule has 0 bridgehead atoms. The van der Waals surface area contributed by atoms with Gasteiger partial charge in [0.2, 0.25) is 5.91 Å². The Balaban J connectivity index is 1.59. The molecule has 2 amide bonds. The third-order valence-electron chi connectivity index (χ3n) is 5.77. The molecule has 33 heavy (non-hydrogen) atoms. The number of nitrogens with one attached hydrogen (secondary N) is 2. The minimum atomic E-state index is -1.13. The molecule has 2 atom stereocenters. The monoisotopic (exact) mass is 450 g/mol. The number of hydrogen-bond acceptors (Lipinski definition) is 4. The van der Waals surface area contributed by atoms with Gasteiger partial charge in [-0.3, -0.25) is 4.79 Å². The summed E-state index contributed by atoms with van der Waals surface area (Å²) in [6.07, 6.45) is 2.26. The van der Waals surface area contributed by atoms with Gasteiger partial charge in [0.15, 0.2) is 0 Å².